The van der Waals surface area contributed by atoms with Gasteiger partial charge in [-0.2, -0.15) is 0 Å². The maximum absolute atomic E-state index is 13.0. The van der Waals surface area contributed by atoms with Gasteiger partial charge in [0.25, 0.3) is 0 Å². The lowest BCUT2D eigenvalue weighted by Gasteiger charge is -2.32. The van der Waals surface area contributed by atoms with E-state index in [0.717, 1.165) is 0 Å². The Morgan fingerprint density at radius 2 is 1.81 bits per heavy atom. The number of ether oxygens (including phenoxy) is 3. The number of aromatic nitrogens is 1. The summed E-state index contributed by atoms with van der Waals surface area (Å²) in [6.45, 7) is 8.72. The number of carbonyl (C=O) groups is 5. The van der Waals surface area contributed by atoms with Gasteiger partial charge in [-0.1, -0.05) is 13.8 Å². The highest BCUT2D eigenvalue weighted by atomic mass is 32.1. The summed E-state index contributed by atoms with van der Waals surface area (Å²) in [7, 11) is 1.63. The maximum atomic E-state index is 13.0. The van der Waals surface area contributed by atoms with Gasteiger partial charge >= 0.3 is 12.1 Å². The molecule has 0 saturated heterocycles. The van der Waals surface area contributed by atoms with Crippen molar-refractivity contribution in [1.82, 2.24) is 9.88 Å². The second-order valence-corrected chi connectivity index (χ2v) is 12.1. The number of carbonyl (C=O) groups excluding carboxylic acids is 4. The molecule has 0 fully saturated rings. The predicted molar refractivity (Wildman–Crippen MR) is 157 cm³/mol. The van der Waals surface area contributed by atoms with Gasteiger partial charge in [0, 0.05) is 53.8 Å². The topological polar surface area (TPSA) is 162 Å². The second-order valence-electron chi connectivity index (χ2n) is 11.1. The molecule has 0 bridgehead atoms. The number of benzene rings is 1. The summed E-state index contributed by atoms with van der Waals surface area (Å²) in [4.78, 5) is 71.8. The Morgan fingerprint density at radius 3 is 2.49 bits per heavy atom. The summed E-state index contributed by atoms with van der Waals surface area (Å²) in [5.74, 6) is -1.26. The van der Waals surface area contributed by atoms with E-state index >= 15 is 0 Å². The molecule has 13 heteroatoms. The SMILES string of the molecule is CC1=C(C)C(=O)C(C(C)(C)CC(=O)N(C)CCCOC(=O)Oc2ccc3nc(C4=N[C@@H](C(=O)O)CO4)sc3c2)=C(C)C1=O. The van der Waals surface area contributed by atoms with Crippen LogP contribution in [-0.2, 0) is 28.7 Å². The Morgan fingerprint density at radius 1 is 1.12 bits per heavy atom. The molecule has 1 aromatic heterocycles. The Bertz CT molecular complexity index is 1620. The average Bonchev–Trinajstić information content (AvgIpc) is 3.60. The highest BCUT2D eigenvalue weighted by Gasteiger charge is 2.38. The van der Waals surface area contributed by atoms with E-state index in [1.54, 1.807) is 59.9 Å². The van der Waals surface area contributed by atoms with Crippen LogP contribution >= 0.6 is 11.3 Å². The number of hydrogen-bond donors (Lipinski definition) is 1. The molecule has 0 spiro atoms. The number of thiazole rings is 1. The lowest BCUT2D eigenvalue weighted by atomic mass is 9.71. The molecule has 0 unspecified atom stereocenters. The smallest absolute Gasteiger partial charge is 0.480 e. The van der Waals surface area contributed by atoms with Crippen LogP contribution in [0.4, 0.5) is 4.79 Å². The molecule has 228 valence electrons. The van der Waals surface area contributed by atoms with Gasteiger partial charge in [0.2, 0.25) is 11.8 Å². The van der Waals surface area contributed by atoms with Gasteiger partial charge in [-0.15, -0.1) is 11.3 Å². The fourth-order valence-electron chi connectivity index (χ4n) is 4.89. The summed E-state index contributed by atoms with van der Waals surface area (Å²) < 4.78 is 16.5. The number of nitrogens with zero attached hydrogens (tertiary/aromatic N) is 3. The number of hydrogen-bond acceptors (Lipinski definition) is 11. The van der Waals surface area contributed by atoms with Crippen LogP contribution in [0.5, 0.6) is 5.75 Å². The van der Waals surface area contributed by atoms with Crippen LogP contribution in [0.15, 0.2) is 45.5 Å². The normalized spacial score (nSPS) is 17.3. The summed E-state index contributed by atoms with van der Waals surface area (Å²) in [5.41, 5.74) is 1.35. The molecule has 1 amide bonds. The Hall–Kier alpha value is -4.39. The predicted octanol–water partition coefficient (Wildman–Crippen LogP) is 4.11. The van der Waals surface area contributed by atoms with Gasteiger partial charge in [-0.25, -0.2) is 19.6 Å². The van der Waals surface area contributed by atoms with Crippen molar-refractivity contribution in [3.05, 3.63) is 45.5 Å². The number of rotatable bonds is 10. The minimum absolute atomic E-state index is 0.00914. The highest BCUT2D eigenvalue weighted by Crippen LogP contribution is 2.39. The Kier molecular flexibility index (Phi) is 9.14. The largest absolute Gasteiger partial charge is 0.513 e. The summed E-state index contributed by atoms with van der Waals surface area (Å²) >= 11 is 1.22. The van der Waals surface area contributed by atoms with Crippen LogP contribution in [0, 0.1) is 5.41 Å². The van der Waals surface area contributed by atoms with Crippen LogP contribution in [0.2, 0.25) is 0 Å². The van der Waals surface area contributed by atoms with Crippen molar-refractivity contribution in [2.24, 2.45) is 10.4 Å². The summed E-state index contributed by atoms with van der Waals surface area (Å²) in [6, 6.07) is 3.85. The first-order valence-corrected chi connectivity index (χ1v) is 14.4. The van der Waals surface area contributed by atoms with E-state index in [4.69, 9.17) is 19.3 Å². The Labute approximate surface area is 252 Å². The summed E-state index contributed by atoms with van der Waals surface area (Å²) in [5, 5.41) is 9.51. The molecular formula is C30H33N3O9S. The molecule has 1 aliphatic carbocycles. The molecule has 2 heterocycles. The molecule has 12 nitrogen and oxygen atoms in total. The molecule has 1 aromatic carbocycles. The van der Waals surface area contributed by atoms with Crippen LogP contribution in [0.3, 0.4) is 0 Å². The van der Waals surface area contributed by atoms with Crippen LogP contribution in [0.25, 0.3) is 10.2 Å². The molecule has 1 atom stereocenters. The maximum Gasteiger partial charge on any atom is 0.513 e. The number of ketones is 2. The van der Waals surface area contributed by atoms with E-state index in [1.165, 1.54) is 16.2 Å². The van der Waals surface area contributed by atoms with Gasteiger partial charge in [-0.05, 0) is 39.3 Å². The third kappa shape index (κ3) is 6.82. The molecule has 0 saturated carbocycles. The fraction of sp³-hybridized carbons (Fsp3) is 0.433. The number of aliphatic imine (C=N–C) groups is 1. The van der Waals surface area contributed by atoms with Crippen molar-refractivity contribution >= 4 is 57.0 Å². The van der Waals surface area contributed by atoms with Crippen molar-refractivity contribution in [3.8, 4) is 5.75 Å². The fourth-order valence-corrected chi connectivity index (χ4v) is 5.84. The second kappa shape index (κ2) is 12.5. The minimum atomic E-state index is -1.07. The molecule has 0 radical (unpaired) electrons. The number of allylic oxidation sites excluding steroid dienone is 4. The van der Waals surface area contributed by atoms with E-state index < -0.39 is 23.6 Å². The highest BCUT2D eigenvalue weighted by molar-refractivity contribution is 7.20. The molecule has 4 rings (SSSR count). The van der Waals surface area contributed by atoms with Crippen molar-refractivity contribution < 1.29 is 43.3 Å². The first-order chi connectivity index (χ1) is 20.2. The van der Waals surface area contributed by atoms with Gasteiger partial charge in [0.1, 0.15) is 12.4 Å². The van der Waals surface area contributed by atoms with Crippen molar-refractivity contribution in [2.75, 3.05) is 26.8 Å². The van der Waals surface area contributed by atoms with E-state index in [9.17, 15) is 24.0 Å². The number of carboxylic acids is 1. The van der Waals surface area contributed by atoms with Gasteiger partial charge in [0.05, 0.1) is 16.8 Å². The van der Waals surface area contributed by atoms with Crippen LogP contribution in [-0.4, -0.2) is 83.3 Å². The van der Waals surface area contributed by atoms with E-state index in [-0.39, 0.29) is 48.8 Å². The number of amides is 1. The molecule has 2 aromatic rings. The minimum Gasteiger partial charge on any atom is -0.480 e. The van der Waals surface area contributed by atoms with Gasteiger partial charge in [0.15, 0.2) is 22.6 Å². The first-order valence-electron chi connectivity index (χ1n) is 13.6. The number of Topliss-reactive ketones (excluding diaryl/α,β-unsaturated/α-hetero) is 2. The summed E-state index contributed by atoms with van der Waals surface area (Å²) in [6.07, 6.45) is -0.519. The number of fused-ring (bicyclic) bond motifs is 1. The monoisotopic (exact) mass is 611 g/mol. The van der Waals surface area contributed by atoms with E-state index in [2.05, 4.69) is 9.98 Å². The zero-order valence-corrected chi connectivity index (χ0v) is 25.6. The third-order valence-corrected chi connectivity index (χ3v) is 8.43. The lowest BCUT2D eigenvalue weighted by Crippen LogP contribution is -2.36. The number of aliphatic carboxylic acids is 1. The van der Waals surface area contributed by atoms with Crippen molar-refractivity contribution in [2.45, 2.75) is 53.5 Å². The molecule has 2 aliphatic rings. The molecule has 1 N–H and O–H groups in total. The van der Waals surface area contributed by atoms with Gasteiger partial charge < -0.3 is 24.2 Å². The van der Waals surface area contributed by atoms with Crippen molar-refractivity contribution in [1.29, 1.82) is 0 Å². The van der Waals surface area contributed by atoms with Crippen LogP contribution in [0.1, 0.15) is 52.5 Å². The van der Waals surface area contributed by atoms with Crippen molar-refractivity contribution in [3.63, 3.8) is 0 Å². The van der Waals surface area contributed by atoms with E-state index in [1.807, 2.05) is 0 Å². The third-order valence-electron chi connectivity index (χ3n) is 7.42. The zero-order chi connectivity index (χ0) is 31.6. The van der Waals surface area contributed by atoms with Crippen LogP contribution < -0.4 is 4.74 Å². The average molecular weight is 612 g/mol. The van der Waals surface area contributed by atoms with E-state index in [0.29, 0.717) is 50.5 Å². The zero-order valence-electron chi connectivity index (χ0n) is 24.8. The molecule has 43 heavy (non-hydrogen) atoms. The lowest BCUT2D eigenvalue weighted by molar-refractivity contribution is -0.138. The molecule has 1 aliphatic heterocycles. The number of carboxylic acid groups (broad SMARTS) is 1. The Balaban J connectivity index is 1.25. The molecular weight excluding hydrogens is 578 g/mol. The standard InChI is InChI=1S/C30H33N3O9S/c1-15-16(2)25(36)23(17(3)24(15)35)30(4,5)13-22(34)33(6)10-7-11-40-29(39)42-18-8-9-19-21(12-18)43-27(32-19)26-31-20(14-41-26)28(37)38/h8-9,12,20H,7,10-11,13-14H2,1-6H3,(H,37,38)/t20-/m1/s1. The quantitative estimate of drug-likeness (QED) is 0.179. The first kappa shape index (κ1) is 31.5. The van der Waals surface area contributed by atoms with Gasteiger partial charge in [-0.3, -0.25) is 14.4 Å².